The molecular formula is C19H14BrF2NOS. The highest BCUT2D eigenvalue weighted by Crippen LogP contribution is 2.29. The van der Waals surface area contributed by atoms with Crippen molar-refractivity contribution < 1.29 is 13.6 Å². The lowest BCUT2D eigenvalue weighted by Gasteiger charge is -2.13. The average Bonchev–Trinajstić information content (AvgIpc) is 3.08. The Bertz CT molecular complexity index is 908. The zero-order valence-electron chi connectivity index (χ0n) is 13.2. The van der Waals surface area contributed by atoms with Crippen LogP contribution in [0.25, 0.3) is 10.4 Å². The van der Waals surface area contributed by atoms with E-state index in [0.717, 1.165) is 22.2 Å². The predicted molar refractivity (Wildman–Crippen MR) is 99.7 cm³/mol. The molecule has 1 N–H and O–H groups in total. The minimum atomic E-state index is -0.902. The molecule has 0 aliphatic carbocycles. The van der Waals surface area contributed by atoms with E-state index in [1.165, 1.54) is 17.4 Å². The fourth-order valence-electron chi connectivity index (χ4n) is 2.37. The molecule has 1 amide bonds. The lowest BCUT2D eigenvalue weighted by atomic mass is 10.1. The van der Waals surface area contributed by atoms with Gasteiger partial charge in [-0.3, -0.25) is 4.79 Å². The van der Waals surface area contributed by atoms with Crippen molar-refractivity contribution in [2.45, 2.75) is 13.0 Å². The summed E-state index contributed by atoms with van der Waals surface area (Å²) in [6.45, 7) is 1.91. The summed E-state index contributed by atoms with van der Waals surface area (Å²) in [5, 5.41) is 2.94. The highest BCUT2D eigenvalue weighted by molar-refractivity contribution is 9.10. The van der Waals surface area contributed by atoms with Crippen molar-refractivity contribution in [1.82, 2.24) is 5.32 Å². The van der Waals surface area contributed by atoms with Gasteiger partial charge in [-0.1, -0.05) is 34.1 Å². The average molecular weight is 422 g/mol. The summed E-state index contributed by atoms with van der Waals surface area (Å²) in [7, 11) is 0. The Kier molecular flexibility index (Phi) is 5.30. The number of thiophene rings is 1. The van der Waals surface area contributed by atoms with Crippen LogP contribution in [0.5, 0.6) is 0 Å². The number of benzene rings is 2. The fourth-order valence-corrected chi connectivity index (χ4v) is 3.54. The summed E-state index contributed by atoms with van der Waals surface area (Å²) in [5.74, 6) is -1.99. The Balaban J connectivity index is 1.74. The number of carbonyl (C=O) groups is 1. The molecule has 128 valence electrons. The van der Waals surface area contributed by atoms with E-state index in [2.05, 4.69) is 21.2 Å². The zero-order chi connectivity index (χ0) is 18.0. The molecule has 2 nitrogen and oxygen atoms in total. The van der Waals surface area contributed by atoms with E-state index in [1.807, 2.05) is 31.2 Å². The van der Waals surface area contributed by atoms with Crippen LogP contribution < -0.4 is 5.32 Å². The smallest absolute Gasteiger partial charge is 0.261 e. The molecule has 3 aromatic rings. The predicted octanol–water partition coefficient (Wildman–Crippen LogP) is 5.95. The fraction of sp³-hybridized carbons (Fsp3) is 0.105. The molecule has 0 saturated carbocycles. The number of hydrogen-bond acceptors (Lipinski definition) is 2. The van der Waals surface area contributed by atoms with Gasteiger partial charge in [0.2, 0.25) is 0 Å². The summed E-state index contributed by atoms with van der Waals surface area (Å²) >= 11 is 4.62. The summed E-state index contributed by atoms with van der Waals surface area (Å²) in [4.78, 5) is 13.6. The van der Waals surface area contributed by atoms with Crippen molar-refractivity contribution >= 4 is 33.2 Å². The number of carbonyl (C=O) groups excluding carboxylic acids is 1. The maximum Gasteiger partial charge on any atom is 0.261 e. The standard InChI is InChI=1S/C19H14BrF2NOS/c1-11(12-2-5-14(20)6-3-12)23-19(24)18-9-8-17(25-18)13-4-7-15(21)16(22)10-13/h2-11H,1H3,(H,23,24)/t11-/m1/s1. The normalized spacial score (nSPS) is 12.0. The number of rotatable bonds is 4. The van der Waals surface area contributed by atoms with E-state index in [-0.39, 0.29) is 11.9 Å². The van der Waals surface area contributed by atoms with E-state index in [4.69, 9.17) is 0 Å². The molecule has 0 aliphatic heterocycles. The first-order chi connectivity index (χ1) is 11.9. The van der Waals surface area contributed by atoms with Gasteiger partial charge in [0.1, 0.15) is 0 Å². The molecule has 0 radical (unpaired) electrons. The van der Waals surface area contributed by atoms with Gasteiger partial charge in [-0.2, -0.15) is 0 Å². The van der Waals surface area contributed by atoms with E-state index >= 15 is 0 Å². The monoisotopic (exact) mass is 421 g/mol. The Hall–Kier alpha value is -2.05. The van der Waals surface area contributed by atoms with Crippen LogP contribution in [0.4, 0.5) is 8.78 Å². The minimum absolute atomic E-state index is 0.144. The highest BCUT2D eigenvalue weighted by atomic mass is 79.9. The maximum absolute atomic E-state index is 13.4. The Morgan fingerprint density at radius 1 is 1.04 bits per heavy atom. The molecule has 1 heterocycles. The van der Waals surface area contributed by atoms with Crippen LogP contribution >= 0.6 is 27.3 Å². The molecular weight excluding hydrogens is 408 g/mol. The van der Waals surface area contributed by atoms with Gasteiger partial charge in [-0.25, -0.2) is 8.78 Å². The largest absolute Gasteiger partial charge is 0.345 e. The van der Waals surface area contributed by atoms with Gasteiger partial charge in [0.25, 0.3) is 5.91 Å². The number of nitrogens with one attached hydrogen (secondary N) is 1. The van der Waals surface area contributed by atoms with Crippen LogP contribution in [0.1, 0.15) is 28.2 Å². The number of hydrogen-bond donors (Lipinski definition) is 1. The summed E-state index contributed by atoms with van der Waals surface area (Å²) < 4.78 is 27.4. The van der Waals surface area contributed by atoms with E-state index in [0.29, 0.717) is 15.3 Å². The molecule has 0 fully saturated rings. The minimum Gasteiger partial charge on any atom is -0.345 e. The molecule has 0 aliphatic rings. The second kappa shape index (κ2) is 7.45. The van der Waals surface area contributed by atoms with Crippen molar-refractivity contribution in [3.05, 3.63) is 81.1 Å². The van der Waals surface area contributed by atoms with Gasteiger partial charge in [-0.15, -0.1) is 11.3 Å². The van der Waals surface area contributed by atoms with Crippen LogP contribution in [-0.2, 0) is 0 Å². The third-order valence-electron chi connectivity index (χ3n) is 3.75. The molecule has 1 atom stereocenters. The molecule has 3 rings (SSSR count). The van der Waals surface area contributed by atoms with Crippen molar-refractivity contribution in [2.75, 3.05) is 0 Å². The first-order valence-electron chi connectivity index (χ1n) is 7.55. The molecule has 0 spiro atoms. The Labute approximate surface area is 156 Å². The van der Waals surface area contributed by atoms with Gasteiger partial charge in [-0.05, 0) is 54.4 Å². The number of halogens is 3. The molecule has 6 heteroatoms. The van der Waals surface area contributed by atoms with Crippen LogP contribution in [-0.4, -0.2) is 5.91 Å². The molecule has 0 saturated heterocycles. The third kappa shape index (κ3) is 4.14. The van der Waals surface area contributed by atoms with E-state index < -0.39 is 11.6 Å². The second-order valence-corrected chi connectivity index (χ2v) is 7.54. The molecule has 0 bridgehead atoms. The summed E-state index contributed by atoms with van der Waals surface area (Å²) in [6, 6.07) is 14.7. The van der Waals surface area contributed by atoms with Crippen LogP contribution in [0.3, 0.4) is 0 Å². The molecule has 2 aromatic carbocycles. The lowest BCUT2D eigenvalue weighted by Crippen LogP contribution is -2.25. The van der Waals surface area contributed by atoms with Crippen molar-refractivity contribution in [3.8, 4) is 10.4 Å². The summed E-state index contributed by atoms with van der Waals surface area (Å²) in [5.41, 5.74) is 1.54. The van der Waals surface area contributed by atoms with Gasteiger partial charge in [0, 0.05) is 9.35 Å². The van der Waals surface area contributed by atoms with Crippen molar-refractivity contribution in [2.24, 2.45) is 0 Å². The first kappa shape index (κ1) is 17.8. The lowest BCUT2D eigenvalue weighted by molar-refractivity contribution is 0.0944. The quantitative estimate of drug-likeness (QED) is 0.554. The second-order valence-electron chi connectivity index (χ2n) is 5.54. The Morgan fingerprint density at radius 2 is 1.76 bits per heavy atom. The van der Waals surface area contributed by atoms with E-state index in [9.17, 15) is 13.6 Å². The molecule has 0 unspecified atom stereocenters. The van der Waals surface area contributed by atoms with Gasteiger partial charge in [0.05, 0.1) is 10.9 Å². The molecule has 1 aromatic heterocycles. The van der Waals surface area contributed by atoms with Crippen LogP contribution in [0.2, 0.25) is 0 Å². The van der Waals surface area contributed by atoms with Crippen molar-refractivity contribution in [3.63, 3.8) is 0 Å². The van der Waals surface area contributed by atoms with Gasteiger partial charge in [0.15, 0.2) is 11.6 Å². The number of amides is 1. The van der Waals surface area contributed by atoms with Gasteiger partial charge < -0.3 is 5.32 Å². The SMILES string of the molecule is C[C@@H](NC(=O)c1ccc(-c2ccc(F)c(F)c2)s1)c1ccc(Br)cc1. The van der Waals surface area contributed by atoms with Crippen LogP contribution in [0, 0.1) is 11.6 Å². The van der Waals surface area contributed by atoms with Gasteiger partial charge >= 0.3 is 0 Å². The molecule has 25 heavy (non-hydrogen) atoms. The third-order valence-corrected chi connectivity index (χ3v) is 5.41. The Morgan fingerprint density at radius 3 is 2.44 bits per heavy atom. The maximum atomic E-state index is 13.4. The van der Waals surface area contributed by atoms with Crippen LogP contribution in [0.15, 0.2) is 59.1 Å². The first-order valence-corrected chi connectivity index (χ1v) is 9.16. The van der Waals surface area contributed by atoms with Crippen molar-refractivity contribution in [1.29, 1.82) is 0 Å². The summed E-state index contributed by atoms with van der Waals surface area (Å²) in [6.07, 6.45) is 0. The zero-order valence-corrected chi connectivity index (χ0v) is 15.6. The highest BCUT2D eigenvalue weighted by Gasteiger charge is 2.15. The topological polar surface area (TPSA) is 29.1 Å². The van der Waals surface area contributed by atoms with E-state index in [1.54, 1.807) is 12.1 Å².